The molecular formula is C14H20N4O2. The number of esters is 1. The average Bonchev–Trinajstić information content (AvgIpc) is 2.98. The summed E-state index contributed by atoms with van der Waals surface area (Å²) in [6.07, 6.45) is 3.27. The Morgan fingerprint density at radius 3 is 2.70 bits per heavy atom. The maximum atomic E-state index is 12.0. The van der Waals surface area contributed by atoms with Crippen molar-refractivity contribution in [3.05, 3.63) is 35.9 Å². The highest BCUT2D eigenvalue weighted by Gasteiger charge is 2.18. The van der Waals surface area contributed by atoms with Crippen LogP contribution < -0.4 is 0 Å². The van der Waals surface area contributed by atoms with Crippen LogP contribution in [0, 0.1) is 0 Å². The molecule has 0 aliphatic heterocycles. The van der Waals surface area contributed by atoms with Gasteiger partial charge in [-0.05, 0) is 25.0 Å². The van der Waals surface area contributed by atoms with E-state index in [0.717, 1.165) is 5.69 Å². The number of hydrogen-bond acceptors (Lipinski definition) is 4. The first kappa shape index (κ1) is 14.3. The van der Waals surface area contributed by atoms with Crippen LogP contribution in [0.15, 0.2) is 24.5 Å². The number of ether oxygens (including phenoxy) is 1. The van der Waals surface area contributed by atoms with Crippen LogP contribution in [-0.2, 0) is 18.3 Å². The van der Waals surface area contributed by atoms with Gasteiger partial charge in [0.05, 0.1) is 6.54 Å². The molecule has 108 valence electrons. The third-order valence-corrected chi connectivity index (χ3v) is 3.03. The molecule has 1 atom stereocenters. The summed E-state index contributed by atoms with van der Waals surface area (Å²) in [6, 6.07) is 3.62. The Labute approximate surface area is 118 Å². The Morgan fingerprint density at radius 1 is 1.40 bits per heavy atom. The van der Waals surface area contributed by atoms with E-state index >= 15 is 0 Å². The summed E-state index contributed by atoms with van der Waals surface area (Å²) < 4.78 is 8.84. The molecule has 6 nitrogen and oxygen atoms in total. The predicted molar refractivity (Wildman–Crippen MR) is 74.4 cm³/mol. The van der Waals surface area contributed by atoms with E-state index < -0.39 is 5.97 Å². The minimum absolute atomic E-state index is 0.257. The fourth-order valence-electron chi connectivity index (χ4n) is 2.07. The number of rotatable bonds is 5. The summed E-state index contributed by atoms with van der Waals surface area (Å²) in [6.45, 7) is 6.49. The molecule has 2 rings (SSSR count). The molecule has 0 bridgehead atoms. The molecule has 0 saturated heterocycles. The lowest BCUT2D eigenvalue weighted by Gasteiger charge is -2.12. The Kier molecular flexibility index (Phi) is 4.22. The van der Waals surface area contributed by atoms with Gasteiger partial charge >= 0.3 is 5.97 Å². The van der Waals surface area contributed by atoms with Gasteiger partial charge in [-0.15, -0.1) is 0 Å². The Bertz CT molecular complexity index is 572. The zero-order valence-corrected chi connectivity index (χ0v) is 12.3. The zero-order valence-electron chi connectivity index (χ0n) is 12.3. The topological polar surface area (TPSA) is 61.9 Å². The molecule has 2 aromatic heterocycles. The summed E-state index contributed by atoms with van der Waals surface area (Å²) >= 11 is 0. The normalized spacial score (nSPS) is 12.7. The number of hydrogen-bond donors (Lipinski definition) is 0. The van der Waals surface area contributed by atoms with Gasteiger partial charge in [-0.2, -0.15) is 10.2 Å². The van der Waals surface area contributed by atoms with E-state index in [9.17, 15) is 4.79 Å². The lowest BCUT2D eigenvalue weighted by Crippen LogP contribution is -2.21. The Hall–Kier alpha value is -2.11. The molecule has 2 heterocycles. The van der Waals surface area contributed by atoms with Gasteiger partial charge < -0.3 is 4.74 Å². The number of aromatic nitrogens is 4. The van der Waals surface area contributed by atoms with E-state index in [1.807, 2.05) is 26.2 Å². The summed E-state index contributed by atoms with van der Waals surface area (Å²) in [7, 11) is 1.83. The molecule has 0 aliphatic rings. The molecule has 6 heteroatoms. The van der Waals surface area contributed by atoms with Gasteiger partial charge in [-0.3, -0.25) is 9.36 Å². The molecule has 0 N–H and O–H groups in total. The lowest BCUT2D eigenvalue weighted by atomic mass is 10.1. The van der Waals surface area contributed by atoms with Crippen molar-refractivity contribution in [2.24, 2.45) is 7.05 Å². The summed E-state index contributed by atoms with van der Waals surface area (Å²) in [5, 5.41) is 8.28. The van der Waals surface area contributed by atoms with E-state index in [1.165, 1.54) is 0 Å². The van der Waals surface area contributed by atoms with Crippen LogP contribution in [0.25, 0.3) is 0 Å². The fraction of sp³-hybridized carbons (Fsp3) is 0.500. The Balaban J connectivity index is 1.99. The second kappa shape index (κ2) is 5.90. The van der Waals surface area contributed by atoms with Crippen molar-refractivity contribution in [3.8, 4) is 0 Å². The van der Waals surface area contributed by atoms with Crippen molar-refractivity contribution in [2.45, 2.75) is 39.3 Å². The average molecular weight is 276 g/mol. The molecule has 0 unspecified atom stereocenters. The van der Waals surface area contributed by atoms with Gasteiger partial charge in [-0.1, -0.05) is 13.8 Å². The molecule has 2 aromatic rings. The van der Waals surface area contributed by atoms with Gasteiger partial charge in [0.15, 0.2) is 5.69 Å². The number of nitrogens with zero attached hydrogens (tertiary/aromatic N) is 4. The second-order valence-electron chi connectivity index (χ2n) is 5.18. The van der Waals surface area contributed by atoms with E-state index in [1.54, 1.807) is 21.6 Å². The van der Waals surface area contributed by atoms with E-state index in [0.29, 0.717) is 18.2 Å². The number of aryl methyl sites for hydroxylation is 1. The van der Waals surface area contributed by atoms with Gasteiger partial charge in [0.1, 0.15) is 6.10 Å². The van der Waals surface area contributed by atoms with Crippen LogP contribution in [0.5, 0.6) is 0 Å². The van der Waals surface area contributed by atoms with Gasteiger partial charge in [0, 0.05) is 25.1 Å². The van der Waals surface area contributed by atoms with Crippen LogP contribution in [0.2, 0.25) is 0 Å². The Morgan fingerprint density at radius 2 is 2.15 bits per heavy atom. The van der Waals surface area contributed by atoms with Crippen molar-refractivity contribution >= 4 is 5.97 Å². The SMILES string of the molecule is CC(C)c1cc(C(=O)O[C@H](C)Cn2cccn2)nn1C. The highest BCUT2D eigenvalue weighted by atomic mass is 16.5. The fourth-order valence-corrected chi connectivity index (χ4v) is 2.07. The van der Waals surface area contributed by atoms with Crippen molar-refractivity contribution < 1.29 is 9.53 Å². The number of carbonyl (C=O) groups is 1. The van der Waals surface area contributed by atoms with Crippen LogP contribution in [0.1, 0.15) is 42.9 Å². The highest BCUT2D eigenvalue weighted by Crippen LogP contribution is 2.15. The number of carbonyl (C=O) groups excluding carboxylic acids is 1. The zero-order chi connectivity index (χ0) is 14.7. The van der Waals surface area contributed by atoms with Crippen molar-refractivity contribution in [2.75, 3.05) is 0 Å². The molecule has 0 aromatic carbocycles. The summed E-state index contributed by atoms with van der Waals surface area (Å²) in [5.41, 5.74) is 1.36. The molecule has 0 saturated carbocycles. The van der Waals surface area contributed by atoms with Gasteiger partial charge in [0.25, 0.3) is 0 Å². The molecule has 20 heavy (non-hydrogen) atoms. The minimum atomic E-state index is -0.396. The minimum Gasteiger partial charge on any atom is -0.456 e. The second-order valence-corrected chi connectivity index (χ2v) is 5.18. The third kappa shape index (κ3) is 3.26. The predicted octanol–water partition coefficient (Wildman–Crippen LogP) is 1.99. The van der Waals surface area contributed by atoms with Crippen LogP contribution in [0.3, 0.4) is 0 Å². The molecule has 0 aliphatic carbocycles. The first-order valence-electron chi connectivity index (χ1n) is 6.69. The molecule has 0 amide bonds. The maximum Gasteiger partial charge on any atom is 0.359 e. The lowest BCUT2D eigenvalue weighted by molar-refractivity contribution is 0.0291. The third-order valence-electron chi connectivity index (χ3n) is 3.03. The van der Waals surface area contributed by atoms with Crippen LogP contribution in [-0.4, -0.2) is 31.6 Å². The smallest absolute Gasteiger partial charge is 0.359 e. The van der Waals surface area contributed by atoms with E-state index in [2.05, 4.69) is 24.0 Å². The first-order chi connectivity index (χ1) is 9.47. The van der Waals surface area contributed by atoms with E-state index in [-0.39, 0.29) is 6.10 Å². The molecule has 0 radical (unpaired) electrons. The van der Waals surface area contributed by atoms with Gasteiger partial charge in [0.2, 0.25) is 0 Å². The van der Waals surface area contributed by atoms with Crippen molar-refractivity contribution in [3.63, 3.8) is 0 Å². The summed E-state index contributed by atoms with van der Waals surface area (Å²) in [4.78, 5) is 12.0. The highest BCUT2D eigenvalue weighted by molar-refractivity contribution is 5.87. The first-order valence-corrected chi connectivity index (χ1v) is 6.69. The standard InChI is InChI=1S/C14H20N4O2/c1-10(2)13-8-12(16-17(13)4)14(19)20-11(3)9-18-7-5-6-15-18/h5-8,10-11H,9H2,1-4H3/t11-/m1/s1. The monoisotopic (exact) mass is 276 g/mol. The van der Waals surface area contributed by atoms with Crippen LogP contribution >= 0.6 is 0 Å². The van der Waals surface area contributed by atoms with E-state index in [4.69, 9.17) is 4.74 Å². The van der Waals surface area contributed by atoms with Crippen molar-refractivity contribution in [1.82, 2.24) is 19.6 Å². The summed E-state index contributed by atoms with van der Waals surface area (Å²) in [5.74, 6) is -0.0808. The largest absolute Gasteiger partial charge is 0.456 e. The maximum absolute atomic E-state index is 12.0. The molecular weight excluding hydrogens is 256 g/mol. The molecule has 0 spiro atoms. The van der Waals surface area contributed by atoms with Crippen molar-refractivity contribution in [1.29, 1.82) is 0 Å². The molecule has 0 fully saturated rings. The quantitative estimate of drug-likeness (QED) is 0.783. The van der Waals surface area contributed by atoms with Gasteiger partial charge in [-0.25, -0.2) is 4.79 Å². The van der Waals surface area contributed by atoms with Crippen LogP contribution in [0.4, 0.5) is 0 Å².